The van der Waals surface area contributed by atoms with Crippen molar-refractivity contribution in [1.82, 2.24) is 20.3 Å². The number of carbonyl (C=O) groups is 1. The first-order chi connectivity index (χ1) is 11.7. The number of para-hydroxylation sites is 1. The highest BCUT2D eigenvalue weighted by molar-refractivity contribution is 5.90. The van der Waals surface area contributed by atoms with Crippen molar-refractivity contribution in [2.24, 2.45) is 0 Å². The van der Waals surface area contributed by atoms with E-state index in [1.807, 2.05) is 43.3 Å². The maximum atomic E-state index is 12.1. The maximum absolute atomic E-state index is 12.1. The zero-order chi connectivity index (χ0) is 16.8. The summed E-state index contributed by atoms with van der Waals surface area (Å²) < 4.78 is 0. The van der Waals surface area contributed by atoms with E-state index in [0.29, 0.717) is 11.4 Å². The van der Waals surface area contributed by atoms with Crippen LogP contribution in [0, 0.1) is 6.92 Å². The second kappa shape index (κ2) is 7.32. The fourth-order valence-electron chi connectivity index (χ4n) is 2.28. The Labute approximate surface area is 140 Å². The third-order valence-corrected chi connectivity index (χ3v) is 3.52. The quantitative estimate of drug-likeness (QED) is 0.774. The van der Waals surface area contributed by atoms with Crippen molar-refractivity contribution in [2.45, 2.75) is 13.5 Å². The molecule has 0 bridgehead atoms. The molecule has 2 aromatic heterocycles. The summed E-state index contributed by atoms with van der Waals surface area (Å²) in [6.07, 6.45) is 6.66. The molecule has 24 heavy (non-hydrogen) atoms. The Morgan fingerprint density at radius 1 is 1.04 bits per heavy atom. The number of hydrogen-bond acceptors (Lipinski definition) is 4. The molecule has 120 valence electrons. The molecule has 0 aliphatic rings. The first kappa shape index (κ1) is 15.6. The van der Waals surface area contributed by atoms with Gasteiger partial charge in [-0.3, -0.25) is 15.0 Å². The van der Waals surface area contributed by atoms with E-state index in [1.54, 1.807) is 24.8 Å². The smallest absolute Gasteiger partial charge is 0.319 e. The normalized spacial score (nSPS) is 10.2. The predicted molar refractivity (Wildman–Crippen MR) is 92.3 cm³/mol. The second-order valence-corrected chi connectivity index (χ2v) is 5.22. The fourth-order valence-corrected chi connectivity index (χ4v) is 2.28. The number of aromatic nitrogens is 3. The molecule has 2 N–H and O–H groups in total. The monoisotopic (exact) mass is 319 g/mol. The van der Waals surface area contributed by atoms with Crippen LogP contribution in [0.25, 0.3) is 11.3 Å². The molecule has 0 radical (unpaired) electrons. The lowest BCUT2D eigenvalue weighted by Crippen LogP contribution is -2.29. The van der Waals surface area contributed by atoms with Crippen LogP contribution in [0.2, 0.25) is 0 Å². The van der Waals surface area contributed by atoms with Gasteiger partial charge >= 0.3 is 6.03 Å². The number of hydrogen-bond donors (Lipinski definition) is 2. The summed E-state index contributed by atoms with van der Waals surface area (Å²) >= 11 is 0. The third kappa shape index (κ3) is 3.73. The summed E-state index contributed by atoms with van der Waals surface area (Å²) in [5.74, 6) is 0. The lowest BCUT2D eigenvalue weighted by molar-refractivity contribution is 0.251. The minimum atomic E-state index is -0.285. The maximum Gasteiger partial charge on any atom is 0.319 e. The molecule has 0 saturated heterocycles. The highest BCUT2D eigenvalue weighted by Gasteiger charge is 2.10. The zero-order valence-electron chi connectivity index (χ0n) is 13.2. The van der Waals surface area contributed by atoms with E-state index >= 15 is 0 Å². The number of anilines is 1. The largest absolute Gasteiger partial charge is 0.332 e. The molecule has 0 unspecified atom stereocenters. The summed E-state index contributed by atoms with van der Waals surface area (Å²) in [4.78, 5) is 24.9. The molecule has 0 aliphatic carbocycles. The molecule has 2 heterocycles. The van der Waals surface area contributed by atoms with E-state index in [0.717, 1.165) is 16.8 Å². The Bertz CT molecular complexity index is 836. The standard InChI is InChI=1S/C18H17N5O/c1-13-5-2-3-7-15(13)23-18(24)22-12-16-17(21-10-9-20-16)14-6-4-8-19-11-14/h2-11H,12H2,1H3,(H2,22,23,24). The van der Waals surface area contributed by atoms with E-state index in [-0.39, 0.29) is 12.6 Å². The van der Waals surface area contributed by atoms with Gasteiger partial charge in [0.05, 0.1) is 17.9 Å². The molecule has 6 nitrogen and oxygen atoms in total. The van der Waals surface area contributed by atoms with Gasteiger partial charge in [-0.25, -0.2) is 4.79 Å². The average molecular weight is 319 g/mol. The summed E-state index contributed by atoms with van der Waals surface area (Å²) in [6, 6.07) is 11.1. The molecular weight excluding hydrogens is 302 g/mol. The lowest BCUT2D eigenvalue weighted by atomic mass is 10.1. The molecule has 0 fully saturated rings. The minimum absolute atomic E-state index is 0.274. The Balaban J connectivity index is 1.69. The number of benzene rings is 1. The summed E-state index contributed by atoms with van der Waals surface area (Å²) in [6.45, 7) is 2.22. The summed E-state index contributed by atoms with van der Waals surface area (Å²) in [5, 5.41) is 5.64. The highest BCUT2D eigenvalue weighted by Crippen LogP contribution is 2.18. The van der Waals surface area contributed by atoms with Gasteiger partial charge in [0.25, 0.3) is 0 Å². The number of aryl methyl sites for hydroxylation is 1. The summed E-state index contributed by atoms with van der Waals surface area (Å²) in [7, 11) is 0. The molecule has 3 aromatic rings. The van der Waals surface area contributed by atoms with Crippen LogP contribution in [0.3, 0.4) is 0 Å². The van der Waals surface area contributed by atoms with E-state index in [2.05, 4.69) is 25.6 Å². The van der Waals surface area contributed by atoms with Crippen molar-refractivity contribution in [3.63, 3.8) is 0 Å². The SMILES string of the molecule is Cc1ccccc1NC(=O)NCc1nccnc1-c1cccnc1. The molecule has 0 aliphatic heterocycles. The number of amides is 2. The number of rotatable bonds is 4. The highest BCUT2D eigenvalue weighted by atomic mass is 16.2. The Morgan fingerprint density at radius 2 is 1.88 bits per heavy atom. The average Bonchev–Trinajstić information content (AvgIpc) is 2.63. The van der Waals surface area contributed by atoms with Gasteiger partial charge in [-0.05, 0) is 30.7 Å². The van der Waals surface area contributed by atoms with Gasteiger partial charge in [-0.2, -0.15) is 0 Å². The number of pyridine rings is 1. The van der Waals surface area contributed by atoms with E-state index in [1.165, 1.54) is 0 Å². The molecular formula is C18H17N5O. The fraction of sp³-hybridized carbons (Fsp3) is 0.111. The van der Waals surface area contributed by atoms with Gasteiger partial charge in [0.1, 0.15) is 0 Å². The van der Waals surface area contributed by atoms with E-state index < -0.39 is 0 Å². The number of nitrogens with one attached hydrogen (secondary N) is 2. The van der Waals surface area contributed by atoms with Crippen LogP contribution in [0.5, 0.6) is 0 Å². The van der Waals surface area contributed by atoms with Crippen molar-refractivity contribution in [1.29, 1.82) is 0 Å². The van der Waals surface area contributed by atoms with Gasteiger partial charge in [-0.15, -0.1) is 0 Å². The molecule has 2 amide bonds. The third-order valence-electron chi connectivity index (χ3n) is 3.52. The van der Waals surface area contributed by atoms with Gasteiger partial charge in [0, 0.05) is 36.0 Å². The number of urea groups is 1. The molecule has 0 atom stereocenters. The van der Waals surface area contributed by atoms with Crippen LogP contribution >= 0.6 is 0 Å². The van der Waals surface area contributed by atoms with Gasteiger partial charge in [0.15, 0.2) is 0 Å². The number of carbonyl (C=O) groups excluding carboxylic acids is 1. The van der Waals surface area contributed by atoms with E-state index in [4.69, 9.17) is 0 Å². The molecule has 1 aromatic carbocycles. The lowest BCUT2D eigenvalue weighted by Gasteiger charge is -2.11. The van der Waals surface area contributed by atoms with Crippen LogP contribution in [-0.4, -0.2) is 21.0 Å². The van der Waals surface area contributed by atoms with Crippen molar-refractivity contribution in [2.75, 3.05) is 5.32 Å². The van der Waals surface area contributed by atoms with Crippen LogP contribution in [-0.2, 0) is 6.54 Å². The van der Waals surface area contributed by atoms with Crippen LogP contribution < -0.4 is 10.6 Å². The number of nitrogens with zero attached hydrogens (tertiary/aromatic N) is 3. The first-order valence-corrected chi connectivity index (χ1v) is 7.55. The van der Waals surface area contributed by atoms with Crippen LogP contribution in [0.4, 0.5) is 10.5 Å². The first-order valence-electron chi connectivity index (χ1n) is 7.55. The van der Waals surface area contributed by atoms with Gasteiger partial charge < -0.3 is 10.6 Å². The Kier molecular flexibility index (Phi) is 4.76. The van der Waals surface area contributed by atoms with Gasteiger partial charge in [0.2, 0.25) is 0 Å². The Morgan fingerprint density at radius 3 is 2.67 bits per heavy atom. The van der Waals surface area contributed by atoms with E-state index in [9.17, 15) is 4.79 Å². The molecule has 6 heteroatoms. The topological polar surface area (TPSA) is 79.8 Å². The van der Waals surface area contributed by atoms with Gasteiger partial charge in [-0.1, -0.05) is 18.2 Å². The van der Waals surface area contributed by atoms with Crippen LogP contribution in [0.15, 0.2) is 61.2 Å². The minimum Gasteiger partial charge on any atom is -0.332 e. The molecule has 3 rings (SSSR count). The predicted octanol–water partition coefficient (Wildman–Crippen LogP) is 3.17. The van der Waals surface area contributed by atoms with Crippen molar-refractivity contribution < 1.29 is 4.79 Å². The van der Waals surface area contributed by atoms with Crippen molar-refractivity contribution in [3.8, 4) is 11.3 Å². The van der Waals surface area contributed by atoms with Crippen molar-refractivity contribution in [3.05, 3.63) is 72.4 Å². The van der Waals surface area contributed by atoms with Crippen LogP contribution in [0.1, 0.15) is 11.3 Å². The molecule has 0 spiro atoms. The molecule has 0 saturated carbocycles. The summed E-state index contributed by atoms with van der Waals surface area (Å²) in [5.41, 5.74) is 4.04. The Hall–Kier alpha value is -3.28. The zero-order valence-corrected chi connectivity index (χ0v) is 13.2. The second-order valence-electron chi connectivity index (χ2n) is 5.22. The van der Waals surface area contributed by atoms with Crippen molar-refractivity contribution >= 4 is 11.7 Å².